The molecule has 0 radical (unpaired) electrons. The first-order valence-corrected chi connectivity index (χ1v) is 9.81. The summed E-state index contributed by atoms with van der Waals surface area (Å²) in [5.74, 6) is -1.43. The van der Waals surface area contributed by atoms with Crippen molar-refractivity contribution >= 4 is 11.7 Å². The number of amides is 1. The van der Waals surface area contributed by atoms with Gasteiger partial charge in [-0.05, 0) is 26.0 Å². The normalized spacial score (nSPS) is 26.9. The number of aromatic nitrogens is 4. The standard InChI is InChI=1S/C19H21F3N6O4/c1-18(2)31-15-11(26-14-8-23-7-13(27-14)19(20,21)22)9-30-12(16(15)32-18)6-24-17(29)10-4-3-5-25-28-10/h3-5,7-8,11-12,15-16H,6,9H2,1-2H3,(H,24,29)(H,26,27)/t11-,12+,15+,16-/m0/s1. The number of halogens is 3. The smallest absolute Gasteiger partial charge is 0.371 e. The molecular formula is C19H21F3N6O4. The molecule has 172 valence electrons. The van der Waals surface area contributed by atoms with Crippen molar-refractivity contribution in [2.45, 2.75) is 50.2 Å². The Morgan fingerprint density at radius 2 is 2.03 bits per heavy atom. The van der Waals surface area contributed by atoms with Crippen LogP contribution in [-0.2, 0) is 20.4 Å². The van der Waals surface area contributed by atoms with Gasteiger partial charge in [-0.15, -0.1) is 5.10 Å². The van der Waals surface area contributed by atoms with Crippen molar-refractivity contribution < 1.29 is 32.2 Å². The molecule has 2 aliphatic heterocycles. The Balaban J connectivity index is 1.44. The number of carbonyl (C=O) groups excluding carboxylic acids is 1. The molecule has 2 N–H and O–H groups in total. The van der Waals surface area contributed by atoms with Crippen molar-refractivity contribution in [2.24, 2.45) is 0 Å². The highest BCUT2D eigenvalue weighted by Crippen LogP contribution is 2.36. The summed E-state index contributed by atoms with van der Waals surface area (Å²) in [4.78, 5) is 19.5. The number of alkyl halides is 3. The van der Waals surface area contributed by atoms with Gasteiger partial charge in [-0.1, -0.05) is 0 Å². The Kier molecular flexibility index (Phi) is 5.97. The van der Waals surface area contributed by atoms with Gasteiger partial charge in [0.15, 0.2) is 17.2 Å². The van der Waals surface area contributed by atoms with Gasteiger partial charge in [0.25, 0.3) is 5.91 Å². The third-order valence-electron chi connectivity index (χ3n) is 4.94. The first kappa shape index (κ1) is 22.3. The van der Waals surface area contributed by atoms with E-state index >= 15 is 0 Å². The Morgan fingerprint density at radius 1 is 1.25 bits per heavy atom. The second-order valence-electron chi connectivity index (χ2n) is 7.79. The van der Waals surface area contributed by atoms with E-state index in [1.807, 2.05) is 0 Å². The van der Waals surface area contributed by atoms with Crippen LogP contribution in [0.3, 0.4) is 0 Å². The zero-order chi connectivity index (χ0) is 22.9. The first-order chi connectivity index (χ1) is 15.1. The number of nitrogens with zero attached hydrogens (tertiary/aromatic N) is 4. The molecule has 1 amide bonds. The minimum absolute atomic E-state index is 0.0603. The van der Waals surface area contributed by atoms with Crippen LogP contribution in [0.4, 0.5) is 19.0 Å². The molecule has 2 aromatic heterocycles. The van der Waals surface area contributed by atoms with Gasteiger partial charge in [0.05, 0.1) is 25.0 Å². The highest BCUT2D eigenvalue weighted by atomic mass is 19.4. The molecule has 13 heteroatoms. The maximum absolute atomic E-state index is 12.9. The van der Waals surface area contributed by atoms with Crippen LogP contribution in [0.1, 0.15) is 30.0 Å². The molecule has 0 saturated carbocycles. The number of anilines is 1. The number of hydrogen-bond donors (Lipinski definition) is 2. The predicted molar refractivity (Wildman–Crippen MR) is 102 cm³/mol. The fraction of sp³-hybridized carbons (Fsp3) is 0.526. The second-order valence-corrected chi connectivity index (χ2v) is 7.79. The number of ether oxygens (including phenoxy) is 3. The van der Waals surface area contributed by atoms with Crippen LogP contribution >= 0.6 is 0 Å². The van der Waals surface area contributed by atoms with Crippen LogP contribution in [0.15, 0.2) is 30.7 Å². The Labute approximate surface area is 180 Å². The lowest BCUT2D eigenvalue weighted by atomic mass is 9.98. The van der Waals surface area contributed by atoms with Gasteiger partial charge in [-0.25, -0.2) is 4.98 Å². The molecular weight excluding hydrogens is 433 g/mol. The fourth-order valence-corrected chi connectivity index (χ4v) is 3.60. The van der Waals surface area contributed by atoms with Crippen LogP contribution in [-0.4, -0.2) is 69.4 Å². The molecule has 4 rings (SSSR count). The SMILES string of the molecule is CC1(C)O[C@@H]2[C@H](O1)[C@@H](Nc1cncc(C(F)(F)F)n1)CO[C@@H]2CNC(=O)c1cccnn1. The van der Waals surface area contributed by atoms with E-state index in [-0.39, 0.29) is 24.7 Å². The average molecular weight is 454 g/mol. The summed E-state index contributed by atoms with van der Waals surface area (Å²) in [5.41, 5.74) is -0.948. The number of hydrogen-bond acceptors (Lipinski definition) is 9. The summed E-state index contributed by atoms with van der Waals surface area (Å²) in [6, 6.07) is 2.58. The van der Waals surface area contributed by atoms with Crippen molar-refractivity contribution in [3.63, 3.8) is 0 Å². The van der Waals surface area contributed by atoms with Gasteiger partial charge >= 0.3 is 6.18 Å². The molecule has 0 unspecified atom stereocenters. The van der Waals surface area contributed by atoms with Crippen molar-refractivity contribution in [3.8, 4) is 0 Å². The van der Waals surface area contributed by atoms with Crippen molar-refractivity contribution in [3.05, 3.63) is 42.1 Å². The van der Waals surface area contributed by atoms with E-state index in [0.717, 1.165) is 0 Å². The van der Waals surface area contributed by atoms with E-state index in [1.54, 1.807) is 19.9 Å². The fourth-order valence-electron chi connectivity index (χ4n) is 3.60. The lowest BCUT2D eigenvalue weighted by Gasteiger charge is -2.37. The summed E-state index contributed by atoms with van der Waals surface area (Å²) in [7, 11) is 0. The molecule has 32 heavy (non-hydrogen) atoms. The van der Waals surface area contributed by atoms with E-state index in [9.17, 15) is 18.0 Å². The number of fused-ring (bicyclic) bond motifs is 1. The first-order valence-electron chi connectivity index (χ1n) is 9.81. The monoisotopic (exact) mass is 454 g/mol. The van der Waals surface area contributed by atoms with E-state index in [1.165, 1.54) is 18.5 Å². The van der Waals surface area contributed by atoms with Crippen LogP contribution in [0.25, 0.3) is 0 Å². The average Bonchev–Trinajstić information content (AvgIpc) is 3.09. The maximum Gasteiger partial charge on any atom is 0.434 e. The van der Waals surface area contributed by atoms with Crippen molar-refractivity contribution in [2.75, 3.05) is 18.5 Å². The predicted octanol–water partition coefficient (Wildman–Crippen LogP) is 1.41. The van der Waals surface area contributed by atoms with Gasteiger partial charge in [0, 0.05) is 12.7 Å². The van der Waals surface area contributed by atoms with Crippen LogP contribution in [0.2, 0.25) is 0 Å². The van der Waals surface area contributed by atoms with Gasteiger partial charge in [-0.2, -0.15) is 18.3 Å². The van der Waals surface area contributed by atoms with Crippen molar-refractivity contribution in [1.29, 1.82) is 0 Å². The Hall–Kier alpha value is -2.90. The molecule has 2 saturated heterocycles. The van der Waals surface area contributed by atoms with E-state index < -0.39 is 47.9 Å². The number of carbonyl (C=O) groups is 1. The summed E-state index contributed by atoms with van der Waals surface area (Å²) in [6.45, 7) is 3.65. The lowest BCUT2D eigenvalue weighted by molar-refractivity contribution is -0.153. The third-order valence-corrected chi connectivity index (χ3v) is 4.94. The topological polar surface area (TPSA) is 120 Å². The summed E-state index contributed by atoms with van der Waals surface area (Å²) < 4.78 is 56.7. The molecule has 0 aliphatic carbocycles. The largest absolute Gasteiger partial charge is 0.434 e. The maximum atomic E-state index is 12.9. The lowest BCUT2D eigenvalue weighted by Crippen LogP contribution is -2.57. The van der Waals surface area contributed by atoms with E-state index in [0.29, 0.717) is 6.20 Å². The van der Waals surface area contributed by atoms with Crippen molar-refractivity contribution in [1.82, 2.24) is 25.5 Å². The number of rotatable bonds is 5. The minimum atomic E-state index is -4.61. The summed E-state index contributed by atoms with van der Waals surface area (Å²) >= 11 is 0. The third kappa shape index (κ3) is 4.95. The molecule has 0 bridgehead atoms. The summed E-state index contributed by atoms with van der Waals surface area (Å²) in [6.07, 6.45) is -3.01. The molecule has 4 heterocycles. The van der Waals surface area contributed by atoms with Gasteiger partial charge < -0.3 is 24.8 Å². The molecule has 2 aliphatic rings. The molecule has 10 nitrogen and oxygen atoms in total. The second kappa shape index (κ2) is 8.56. The Morgan fingerprint density at radius 3 is 2.75 bits per heavy atom. The molecule has 2 aromatic rings. The van der Waals surface area contributed by atoms with E-state index in [4.69, 9.17) is 14.2 Å². The van der Waals surface area contributed by atoms with Gasteiger partial charge in [0.1, 0.15) is 24.1 Å². The zero-order valence-electron chi connectivity index (χ0n) is 17.2. The van der Waals surface area contributed by atoms with E-state index in [2.05, 4.69) is 30.8 Å². The highest BCUT2D eigenvalue weighted by molar-refractivity contribution is 5.91. The van der Waals surface area contributed by atoms with Gasteiger partial charge in [0.2, 0.25) is 0 Å². The Bertz CT molecular complexity index is 962. The summed E-state index contributed by atoms with van der Waals surface area (Å²) in [5, 5.41) is 13.1. The van der Waals surface area contributed by atoms with Crippen LogP contribution < -0.4 is 10.6 Å². The van der Waals surface area contributed by atoms with Crippen LogP contribution in [0, 0.1) is 0 Å². The number of nitrogens with one attached hydrogen (secondary N) is 2. The molecule has 0 aromatic carbocycles. The minimum Gasteiger partial charge on any atom is -0.371 e. The zero-order valence-corrected chi connectivity index (χ0v) is 17.2. The molecule has 4 atom stereocenters. The van der Waals surface area contributed by atoms with Crippen LogP contribution in [0.5, 0.6) is 0 Å². The quantitative estimate of drug-likeness (QED) is 0.691. The molecule has 2 fully saturated rings. The molecule has 0 spiro atoms. The highest BCUT2D eigenvalue weighted by Gasteiger charge is 2.52. The van der Waals surface area contributed by atoms with Gasteiger partial charge in [-0.3, -0.25) is 9.78 Å².